The predicted octanol–water partition coefficient (Wildman–Crippen LogP) is 6.11. The summed E-state index contributed by atoms with van der Waals surface area (Å²) in [4.78, 5) is 0. The number of aliphatic hydroxyl groups is 1. The Balaban J connectivity index is 2.33. The van der Waals surface area contributed by atoms with Gasteiger partial charge in [-0.1, -0.05) is 0 Å². The van der Waals surface area contributed by atoms with Crippen LogP contribution in [0.4, 0.5) is 26.3 Å². The van der Waals surface area contributed by atoms with Gasteiger partial charge in [-0.2, -0.15) is 0 Å². The zero-order valence-electron chi connectivity index (χ0n) is 21.6. The molecule has 200 valence electrons. The van der Waals surface area contributed by atoms with E-state index in [1.807, 2.05) is 65.8 Å². The van der Waals surface area contributed by atoms with Gasteiger partial charge < -0.3 is 0 Å². The molecule has 0 saturated carbocycles. The zero-order valence-corrected chi connectivity index (χ0v) is 24.1. The van der Waals surface area contributed by atoms with Gasteiger partial charge >= 0.3 is 222 Å². The van der Waals surface area contributed by atoms with E-state index in [1.54, 1.807) is 24.3 Å². The molecule has 0 spiro atoms. The van der Waals surface area contributed by atoms with Crippen molar-refractivity contribution in [2.45, 2.75) is 70.3 Å². The number of benzene rings is 3. The normalized spacial score (nSPS) is 13.8. The summed E-state index contributed by atoms with van der Waals surface area (Å²) in [6.07, 6.45) is -11.9. The minimum atomic E-state index is -5.96. The summed E-state index contributed by atoms with van der Waals surface area (Å²) < 4.78 is 85.0. The summed E-state index contributed by atoms with van der Waals surface area (Å²) in [6.45, 7) is 12.1. The van der Waals surface area contributed by atoms with Crippen LogP contribution in [0.15, 0.2) is 72.8 Å². The van der Waals surface area contributed by atoms with Gasteiger partial charge in [-0.15, -0.1) is 0 Å². The summed E-state index contributed by atoms with van der Waals surface area (Å²) in [6, 6.07) is 19.3. The molecule has 1 nitrogen and oxygen atoms in total. The van der Waals surface area contributed by atoms with Gasteiger partial charge in [0.05, 0.1) is 0 Å². The van der Waals surface area contributed by atoms with Crippen molar-refractivity contribution < 1.29 is 31.4 Å². The van der Waals surface area contributed by atoms with E-state index in [2.05, 4.69) is 0 Å². The number of hydrogen-bond acceptors (Lipinski definition) is 1. The van der Waals surface area contributed by atoms with E-state index in [-0.39, 0.29) is 14.3 Å². The minimum absolute atomic E-state index is 0.0883. The van der Waals surface area contributed by atoms with E-state index in [0.29, 0.717) is 7.02 Å². The van der Waals surface area contributed by atoms with Gasteiger partial charge in [0.2, 0.25) is 0 Å². The number of halogens is 6. The maximum atomic E-state index is 14.0. The average Bonchev–Trinajstić information content (AvgIpc) is 2.77. The first kappa shape index (κ1) is 29.6. The first-order chi connectivity index (χ1) is 16.8. The summed E-state index contributed by atoms with van der Waals surface area (Å²) in [5.41, 5.74) is -4.52. The summed E-state index contributed by atoms with van der Waals surface area (Å²) in [5.74, 6) is 0. The molecule has 1 N–H and O–H groups in total. The SMILES string of the molecule is CC(C)(C)c1cc[c]([Sb]([c]2ccc(C(C)(C)C)cc2)[c]2ccccc2C(O)(C(F)(F)F)C(F)(F)F)cc1. The van der Waals surface area contributed by atoms with Crippen LogP contribution in [-0.2, 0) is 16.4 Å². The molecule has 3 rings (SSSR count). The van der Waals surface area contributed by atoms with Crippen molar-refractivity contribution in [2.24, 2.45) is 0 Å². The molecule has 0 bridgehead atoms. The van der Waals surface area contributed by atoms with E-state index in [0.717, 1.165) is 23.3 Å². The standard InChI is InChI=1S/2C10H13.C9H5F6O.Sb/c2*1-10(2,3)9-7-5-4-6-8-9;10-8(11,12)7(16,9(13,14)15)6-4-2-1-3-5-6;/h2*5-8H,1-3H3;1-4,16H;. The molecule has 0 aromatic heterocycles. The van der Waals surface area contributed by atoms with Gasteiger partial charge in [0, 0.05) is 0 Å². The fourth-order valence-electron chi connectivity index (χ4n) is 4.09. The fraction of sp³-hybridized carbons (Fsp3) is 0.379. The molecule has 37 heavy (non-hydrogen) atoms. The molecule has 0 radical (unpaired) electrons. The predicted molar refractivity (Wildman–Crippen MR) is 137 cm³/mol. The second-order valence-electron chi connectivity index (χ2n) is 11.2. The molecule has 0 saturated heterocycles. The summed E-state index contributed by atoms with van der Waals surface area (Å²) in [5, 5.41) is 10.4. The second-order valence-corrected chi connectivity index (χ2v) is 17.4. The topological polar surface area (TPSA) is 20.2 Å². The molecule has 0 fully saturated rings. The van der Waals surface area contributed by atoms with Crippen LogP contribution in [0, 0.1) is 0 Å². The first-order valence-electron chi connectivity index (χ1n) is 11.7. The van der Waals surface area contributed by atoms with Crippen LogP contribution in [0.3, 0.4) is 0 Å². The van der Waals surface area contributed by atoms with Crippen LogP contribution < -0.4 is 10.5 Å². The Bertz CT molecular complexity index is 1140. The van der Waals surface area contributed by atoms with E-state index < -0.39 is 43.7 Å². The van der Waals surface area contributed by atoms with Crippen LogP contribution in [0.25, 0.3) is 0 Å². The maximum absolute atomic E-state index is 14.0. The van der Waals surface area contributed by atoms with Crippen LogP contribution >= 0.6 is 0 Å². The summed E-state index contributed by atoms with van der Waals surface area (Å²) >= 11 is -3.51. The van der Waals surface area contributed by atoms with E-state index in [1.165, 1.54) is 12.1 Å². The molecule has 3 aromatic carbocycles. The Hall–Kier alpha value is -1.98. The molecule has 0 heterocycles. The molecule has 0 unspecified atom stereocenters. The van der Waals surface area contributed by atoms with Gasteiger partial charge in [-0.3, -0.25) is 0 Å². The molecule has 8 heteroatoms. The second kappa shape index (κ2) is 9.96. The van der Waals surface area contributed by atoms with E-state index in [9.17, 15) is 31.4 Å². The number of hydrogen-bond donors (Lipinski definition) is 1. The van der Waals surface area contributed by atoms with Gasteiger partial charge in [-0.25, -0.2) is 0 Å². The molecular weight excluding hydrogens is 600 g/mol. The summed E-state index contributed by atoms with van der Waals surface area (Å²) in [7, 11) is 0. The molecule has 0 aliphatic rings. The Morgan fingerprint density at radius 1 is 0.541 bits per heavy atom. The first-order valence-corrected chi connectivity index (χ1v) is 15.6. The zero-order chi connectivity index (χ0) is 28.0. The van der Waals surface area contributed by atoms with Crippen molar-refractivity contribution in [1.82, 2.24) is 0 Å². The van der Waals surface area contributed by atoms with Crippen LogP contribution in [0.5, 0.6) is 0 Å². The Labute approximate surface area is 221 Å². The van der Waals surface area contributed by atoms with Crippen molar-refractivity contribution in [3.05, 3.63) is 89.5 Å². The molecular formula is C29H31F6OSb. The van der Waals surface area contributed by atoms with E-state index >= 15 is 0 Å². The Kier molecular flexibility index (Phi) is 7.96. The fourth-order valence-corrected chi connectivity index (χ4v) is 11.1. The molecule has 0 aliphatic heterocycles. The van der Waals surface area contributed by atoms with Gasteiger partial charge in [0.25, 0.3) is 0 Å². The molecule has 0 atom stereocenters. The molecule has 0 amide bonds. The van der Waals surface area contributed by atoms with Crippen LogP contribution in [0.1, 0.15) is 58.2 Å². The number of rotatable bonds is 4. The third-order valence-corrected chi connectivity index (χ3v) is 13.5. The van der Waals surface area contributed by atoms with Crippen molar-refractivity contribution in [3.8, 4) is 0 Å². The molecule has 3 aromatic rings. The van der Waals surface area contributed by atoms with Crippen molar-refractivity contribution in [3.63, 3.8) is 0 Å². The Morgan fingerprint density at radius 3 is 1.22 bits per heavy atom. The monoisotopic (exact) mass is 630 g/mol. The third-order valence-electron chi connectivity index (χ3n) is 6.34. The van der Waals surface area contributed by atoms with Crippen LogP contribution in [-0.4, -0.2) is 37.7 Å². The van der Waals surface area contributed by atoms with Gasteiger partial charge in [-0.05, 0) is 0 Å². The van der Waals surface area contributed by atoms with Crippen molar-refractivity contribution in [2.75, 3.05) is 0 Å². The van der Waals surface area contributed by atoms with Crippen molar-refractivity contribution in [1.29, 1.82) is 0 Å². The van der Waals surface area contributed by atoms with Gasteiger partial charge in [0.1, 0.15) is 0 Å². The average molecular weight is 631 g/mol. The van der Waals surface area contributed by atoms with Gasteiger partial charge in [0.15, 0.2) is 0 Å². The third kappa shape index (κ3) is 5.88. The quantitative estimate of drug-likeness (QED) is 0.273. The molecule has 0 aliphatic carbocycles. The Morgan fingerprint density at radius 2 is 0.892 bits per heavy atom. The van der Waals surface area contributed by atoms with E-state index in [4.69, 9.17) is 0 Å². The number of alkyl halides is 6. The van der Waals surface area contributed by atoms with Crippen LogP contribution in [0.2, 0.25) is 0 Å². The van der Waals surface area contributed by atoms with Crippen molar-refractivity contribution >= 4 is 30.7 Å².